The number of hydrogen-bond acceptors (Lipinski definition) is 3. The van der Waals surface area contributed by atoms with E-state index in [2.05, 4.69) is 19.0 Å². The van der Waals surface area contributed by atoms with Crippen molar-refractivity contribution >= 4 is 11.7 Å². The maximum absolute atomic E-state index is 13.1. The Kier molecular flexibility index (Phi) is 4.55. The van der Waals surface area contributed by atoms with Crippen LogP contribution >= 0.6 is 0 Å². The van der Waals surface area contributed by atoms with Gasteiger partial charge in [-0.2, -0.15) is 0 Å². The molecule has 3 N–H and O–H groups in total. The van der Waals surface area contributed by atoms with Crippen molar-refractivity contribution in [3.8, 4) is 0 Å². The zero-order valence-corrected chi connectivity index (χ0v) is 12.6. The molecule has 1 amide bonds. The summed E-state index contributed by atoms with van der Waals surface area (Å²) in [5.41, 5.74) is 5.17. The van der Waals surface area contributed by atoms with Crippen LogP contribution in [0.1, 0.15) is 58.8 Å². The summed E-state index contributed by atoms with van der Waals surface area (Å²) >= 11 is 0. The molecule has 0 aromatic rings. The van der Waals surface area contributed by atoms with Crippen molar-refractivity contribution in [3.63, 3.8) is 0 Å². The summed E-state index contributed by atoms with van der Waals surface area (Å²) in [6, 6.07) is 0.371. The molecule has 114 valence electrons. The van der Waals surface area contributed by atoms with Crippen molar-refractivity contribution < 1.29 is 10.0 Å². The predicted octanol–water partition coefficient (Wildman–Crippen LogP) is 2.33. The van der Waals surface area contributed by atoms with E-state index in [0.29, 0.717) is 24.8 Å². The fourth-order valence-electron chi connectivity index (χ4n) is 3.28. The first-order chi connectivity index (χ1) is 9.51. The van der Waals surface area contributed by atoms with Crippen LogP contribution in [-0.2, 0) is 4.79 Å². The molecule has 0 heterocycles. The molecule has 2 aliphatic rings. The van der Waals surface area contributed by atoms with Gasteiger partial charge in [0.05, 0.1) is 0 Å². The van der Waals surface area contributed by atoms with E-state index in [0.717, 1.165) is 38.6 Å². The minimum atomic E-state index is -0.759. The van der Waals surface area contributed by atoms with Crippen LogP contribution in [0.15, 0.2) is 5.16 Å². The van der Waals surface area contributed by atoms with E-state index >= 15 is 0 Å². The first-order valence-electron chi connectivity index (χ1n) is 7.80. The summed E-state index contributed by atoms with van der Waals surface area (Å²) in [5, 5.41) is 12.3. The van der Waals surface area contributed by atoms with Crippen molar-refractivity contribution in [2.75, 3.05) is 6.54 Å². The van der Waals surface area contributed by atoms with Crippen LogP contribution in [0.5, 0.6) is 0 Å². The van der Waals surface area contributed by atoms with Gasteiger partial charge >= 0.3 is 0 Å². The van der Waals surface area contributed by atoms with Gasteiger partial charge in [0.15, 0.2) is 5.84 Å². The standard InChI is InChI=1S/C15H27N3O2/c1-11(2)10-18(12-6-7-12)14(19)15(13(16)17-20)8-4-3-5-9-15/h11-12,20H,3-10H2,1-2H3,(H2,16,17). The van der Waals surface area contributed by atoms with Gasteiger partial charge in [0.25, 0.3) is 0 Å². The Morgan fingerprint density at radius 1 is 1.35 bits per heavy atom. The third-order valence-corrected chi connectivity index (χ3v) is 4.52. The SMILES string of the molecule is CC(C)CN(C(=O)C1(C(N)=NO)CCCCC1)C1CC1. The summed E-state index contributed by atoms with van der Waals surface area (Å²) in [5.74, 6) is 0.632. The molecule has 0 atom stereocenters. The van der Waals surface area contributed by atoms with Crippen LogP contribution in [-0.4, -0.2) is 34.4 Å². The zero-order valence-electron chi connectivity index (χ0n) is 12.6. The minimum Gasteiger partial charge on any atom is -0.409 e. The number of nitrogens with two attached hydrogens (primary N) is 1. The molecule has 2 fully saturated rings. The van der Waals surface area contributed by atoms with E-state index in [1.165, 1.54) is 0 Å². The predicted molar refractivity (Wildman–Crippen MR) is 78.5 cm³/mol. The Morgan fingerprint density at radius 3 is 2.40 bits per heavy atom. The van der Waals surface area contributed by atoms with Crippen LogP contribution in [0.2, 0.25) is 0 Å². The summed E-state index contributed by atoms with van der Waals surface area (Å²) < 4.78 is 0. The van der Waals surface area contributed by atoms with Gasteiger partial charge in [0.1, 0.15) is 5.41 Å². The maximum Gasteiger partial charge on any atom is 0.236 e. The van der Waals surface area contributed by atoms with Gasteiger partial charge in [0, 0.05) is 12.6 Å². The number of nitrogens with zero attached hydrogens (tertiary/aromatic N) is 2. The highest BCUT2D eigenvalue weighted by Crippen LogP contribution is 2.41. The largest absolute Gasteiger partial charge is 0.409 e. The lowest BCUT2D eigenvalue weighted by Gasteiger charge is -2.39. The second kappa shape index (κ2) is 6.02. The van der Waals surface area contributed by atoms with E-state index < -0.39 is 5.41 Å². The van der Waals surface area contributed by atoms with E-state index in [1.807, 2.05) is 4.90 Å². The highest BCUT2D eigenvalue weighted by Gasteiger charge is 2.48. The molecule has 0 saturated heterocycles. The lowest BCUT2D eigenvalue weighted by molar-refractivity contribution is -0.141. The second-order valence-electron chi connectivity index (χ2n) is 6.71. The Hall–Kier alpha value is -1.26. The third-order valence-electron chi connectivity index (χ3n) is 4.52. The molecule has 2 aliphatic carbocycles. The quantitative estimate of drug-likeness (QED) is 0.351. The molecule has 0 aromatic carbocycles. The minimum absolute atomic E-state index is 0.0868. The Morgan fingerprint density at radius 2 is 1.95 bits per heavy atom. The average Bonchev–Trinajstić information content (AvgIpc) is 3.28. The number of amidine groups is 1. The molecule has 0 bridgehead atoms. The number of carbonyl (C=O) groups excluding carboxylic acids is 1. The van der Waals surface area contributed by atoms with Gasteiger partial charge in [-0.1, -0.05) is 38.3 Å². The lowest BCUT2D eigenvalue weighted by atomic mass is 9.72. The summed E-state index contributed by atoms with van der Waals surface area (Å²) in [4.78, 5) is 15.1. The molecule has 5 nitrogen and oxygen atoms in total. The summed E-state index contributed by atoms with van der Waals surface area (Å²) in [6.45, 7) is 5.02. The van der Waals surface area contributed by atoms with E-state index in [9.17, 15) is 4.79 Å². The number of rotatable bonds is 5. The molecule has 0 unspecified atom stereocenters. The molecule has 0 aromatic heterocycles. The normalized spacial score (nSPS) is 22.9. The smallest absolute Gasteiger partial charge is 0.236 e. The van der Waals surface area contributed by atoms with Gasteiger partial charge in [0.2, 0.25) is 5.91 Å². The Balaban J connectivity index is 2.24. The zero-order chi connectivity index (χ0) is 14.8. The number of oxime groups is 1. The number of hydrogen-bond donors (Lipinski definition) is 2. The molecular formula is C15H27N3O2. The fourth-order valence-corrected chi connectivity index (χ4v) is 3.28. The van der Waals surface area contributed by atoms with Gasteiger partial charge < -0.3 is 15.8 Å². The van der Waals surface area contributed by atoms with Crippen LogP contribution in [0, 0.1) is 11.3 Å². The second-order valence-corrected chi connectivity index (χ2v) is 6.71. The maximum atomic E-state index is 13.1. The van der Waals surface area contributed by atoms with Crippen molar-refractivity contribution in [1.82, 2.24) is 4.90 Å². The van der Waals surface area contributed by atoms with Crippen LogP contribution in [0.25, 0.3) is 0 Å². The Labute approximate surface area is 121 Å². The monoisotopic (exact) mass is 281 g/mol. The summed E-state index contributed by atoms with van der Waals surface area (Å²) in [6.07, 6.45) is 6.67. The summed E-state index contributed by atoms with van der Waals surface area (Å²) in [7, 11) is 0. The van der Waals surface area contributed by atoms with Crippen molar-refractivity contribution in [3.05, 3.63) is 0 Å². The van der Waals surface area contributed by atoms with Crippen LogP contribution in [0.4, 0.5) is 0 Å². The van der Waals surface area contributed by atoms with Crippen molar-refractivity contribution in [2.24, 2.45) is 22.2 Å². The highest BCUT2D eigenvalue weighted by atomic mass is 16.4. The van der Waals surface area contributed by atoms with E-state index in [-0.39, 0.29) is 11.7 Å². The Bertz CT molecular complexity index is 383. The van der Waals surface area contributed by atoms with E-state index in [4.69, 9.17) is 10.9 Å². The number of carbonyl (C=O) groups is 1. The lowest BCUT2D eigenvalue weighted by Crippen LogP contribution is -2.53. The molecule has 0 spiro atoms. The molecule has 2 rings (SSSR count). The third kappa shape index (κ3) is 2.91. The number of amides is 1. The molecule has 5 heteroatoms. The van der Waals surface area contributed by atoms with Crippen LogP contribution < -0.4 is 5.73 Å². The van der Waals surface area contributed by atoms with Gasteiger partial charge in [-0.15, -0.1) is 0 Å². The molecular weight excluding hydrogens is 254 g/mol. The fraction of sp³-hybridized carbons (Fsp3) is 0.867. The van der Waals surface area contributed by atoms with Gasteiger partial charge in [-0.05, 0) is 31.6 Å². The van der Waals surface area contributed by atoms with Gasteiger partial charge in [-0.3, -0.25) is 4.79 Å². The first-order valence-corrected chi connectivity index (χ1v) is 7.80. The molecule has 0 aliphatic heterocycles. The molecule has 0 radical (unpaired) electrons. The molecule has 20 heavy (non-hydrogen) atoms. The first kappa shape index (κ1) is 15.1. The van der Waals surface area contributed by atoms with E-state index in [1.54, 1.807) is 0 Å². The average molecular weight is 281 g/mol. The van der Waals surface area contributed by atoms with Crippen molar-refractivity contribution in [2.45, 2.75) is 64.8 Å². The highest BCUT2D eigenvalue weighted by molar-refractivity contribution is 6.07. The van der Waals surface area contributed by atoms with Gasteiger partial charge in [-0.25, -0.2) is 0 Å². The molecule has 2 saturated carbocycles. The topological polar surface area (TPSA) is 78.9 Å². The van der Waals surface area contributed by atoms with Crippen LogP contribution in [0.3, 0.4) is 0 Å². The van der Waals surface area contributed by atoms with Crippen molar-refractivity contribution in [1.29, 1.82) is 0 Å².